The third-order valence-electron chi connectivity index (χ3n) is 2.72. The molecule has 4 heteroatoms. The molecule has 0 radical (unpaired) electrons. The molecule has 19 heavy (non-hydrogen) atoms. The lowest BCUT2D eigenvalue weighted by Crippen LogP contribution is -2.13. The number of furan rings is 1. The number of nitrogens with one attached hydrogen (secondary N) is 1. The van der Waals surface area contributed by atoms with Gasteiger partial charge in [0.25, 0.3) is 0 Å². The van der Waals surface area contributed by atoms with Crippen molar-refractivity contribution in [2.45, 2.75) is 46.3 Å². The molecule has 0 bridgehead atoms. The Morgan fingerprint density at radius 2 is 1.95 bits per heavy atom. The number of hydrogen-bond acceptors (Lipinski definition) is 4. The van der Waals surface area contributed by atoms with E-state index in [0.29, 0.717) is 19.8 Å². The Morgan fingerprint density at radius 3 is 2.74 bits per heavy atom. The smallest absolute Gasteiger partial charge is 0.129 e. The Balaban J connectivity index is 2.03. The lowest BCUT2D eigenvalue weighted by Gasteiger charge is -2.03. The normalized spacial score (nSPS) is 11.1. The minimum absolute atomic E-state index is 0.519. The molecular formula is C15H27NO3. The second kappa shape index (κ2) is 11.0. The van der Waals surface area contributed by atoms with Crippen LogP contribution in [-0.4, -0.2) is 26.4 Å². The van der Waals surface area contributed by atoms with Crippen LogP contribution in [0.5, 0.6) is 0 Å². The summed E-state index contributed by atoms with van der Waals surface area (Å²) in [4.78, 5) is 0. The van der Waals surface area contributed by atoms with Crippen LogP contribution in [0.15, 0.2) is 16.7 Å². The lowest BCUT2D eigenvalue weighted by molar-refractivity contribution is 0.0339. The molecule has 1 heterocycles. The average Bonchev–Trinajstić information content (AvgIpc) is 2.86. The van der Waals surface area contributed by atoms with Crippen LogP contribution in [0.25, 0.3) is 0 Å². The fourth-order valence-electron chi connectivity index (χ4n) is 1.64. The van der Waals surface area contributed by atoms with Gasteiger partial charge in [0, 0.05) is 18.7 Å². The van der Waals surface area contributed by atoms with E-state index < -0.39 is 0 Å². The maximum Gasteiger partial charge on any atom is 0.129 e. The molecule has 0 saturated heterocycles. The van der Waals surface area contributed by atoms with E-state index in [1.165, 1.54) is 12.0 Å². The molecule has 1 aromatic heterocycles. The van der Waals surface area contributed by atoms with Crippen molar-refractivity contribution in [1.29, 1.82) is 0 Å². The molecule has 0 aliphatic rings. The summed E-state index contributed by atoms with van der Waals surface area (Å²) in [5, 5.41) is 3.34. The highest BCUT2D eigenvalue weighted by Gasteiger charge is 2.01. The highest BCUT2D eigenvalue weighted by Crippen LogP contribution is 2.08. The minimum Gasteiger partial charge on any atom is -0.467 e. The van der Waals surface area contributed by atoms with E-state index in [1.807, 2.05) is 6.07 Å². The second-order valence-electron chi connectivity index (χ2n) is 4.62. The Morgan fingerprint density at radius 1 is 1.11 bits per heavy atom. The van der Waals surface area contributed by atoms with Gasteiger partial charge < -0.3 is 19.2 Å². The van der Waals surface area contributed by atoms with Gasteiger partial charge in [-0.05, 0) is 25.5 Å². The monoisotopic (exact) mass is 269 g/mol. The minimum atomic E-state index is 0.519. The van der Waals surface area contributed by atoms with Crippen LogP contribution < -0.4 is 5.32 Å². The van der Waals surface area contributed by atoms with Crippen LogP contribution in [0, 0.1) is 0 Å². The molecule has 0 saturated carbocycles. The van der Waals surface area contributed by atoms with Gasteiger partial charge in [0.1, 0.15) is 12.4 Å². The SMILES string of the molecule is CCCCOCCOCc1cc(CNCCC)co1. The number of rotatable bonds is 12. The summed E-state index contributed by atoms with van der Waals surface area (Å²) in [6.07, 6.45) is 5.22. The van der Waals surface area contributed by atoms with Crippen molar-refractivity contribution in [1.82, 2.24) is 5.32 Å². The summed E-state index contributed by atoms with van der Waals surface area (Å²) in [6.45, 7) is 8.83. The summed E-state index contributed by atoms with van der Waals surface area (Å²) in [7, 11) is 0. The molecule has 1 rings (SSSR count). The fourth-order valence-corrected chi connectivity index (χ4v) is 1.64. The van der Waals surface area contributed by atoms with Crippen LogP contribution in [0.2, 0.25) is 0 Å². The average molecular weight is 269 g/mol. The van der Waals surface area contributed by atoms with Gasteiger partial charge in [0.15, 0.2) is 0 Å². The van der Waals surface area contributed by atoms with Crippen molar-refractivity contribution in [3.05, 3.63) is 23.7 Å². The van der Waals surface area contributed by atoms with E-state index >= 15 is 0 Å². The largest absolute Gasteiger partial charge is 0.467 e. The molecule has 4 nitrogen and oxygen atoms in total. The summed E-state index contributed by atoms with van der Waals surface area (Å²) in [5.41, 5.74) is 1.17. The third-order valence-corrected chi connectivity index (χ3v) is 2.72. The summed E-state index contributed by atoms with van der Waals surface area (Å²) >= 11 is 0. The van der Waals surface area contributed by atoms with Gasteiger partial charge in [-0.1, -0.05) is 20.3 Å². The van der Waals surface area contributed by atoms with E-state index in [0.717, 1.165) is 38.3 Å². The van der Waals surface area contributed by atoms with Crippen LogP contribution in [0.3, 0.4) is 0 Å². The second-order valence-corrected chi connectivity index (χ2v) is 4.62. The Bertz CT molecular complexity index is 312. The standard InChI is InChI=1S/C15H27NO3/c1-3-5-7-17-8-9-18-13-15-10-14(12-19-15)11-16-6-4-2/h10,12,16H,3-9,11,13H2,1-2H3. The van der Waals surface area contributed by atoms with Crippen molar-refractivity contribution in [2.75, 3.05) is 26.4 Å². The van der Waals surface area contributed by atoms with E-state index in [1.54, 1.807) is 6.26 Å². The lowest BCUT2D eigenvalue weighted by atomic mass is 10.3. The van der Waals surface area contributed by atoms with Crippen molar-refractivity contribution in [2.24, 2.45) is 0 Å². The third kappa shape index (κ3) is 8.03. The fraction of sp³-hybridized carbons (Fsp3) is 0.733. The molecule has 0 unspecified atom stereocenters. The van der Waals surface area contributed by atoms with Crippen molar-refractivity contribution in [3.63, 3.8) is 0 Å². The first-order valence-electron chi connectivity index (χ1n) is 7.29. The van der Waals surface area contributed by atoms with Gasteiger partial charge in [-0.15, -0.1) is 0 Å². The Labute approximate surface area is 116 Å². The Kier molecular flexibility index (Phi) is 9.41. The zero-order valence-electron chi connectivity index (χ0n) is 12.2. The maximum atomic E-state index is 5.50. The molecule has 0 atom stereocenters. The predicted octanol–water partition coefficient (Wildman–Crippen LogP) is 3.11. The summed E-state index contributed by atoms with van der Waals surface area (Å²) in [5.74, 6) is 0.877. The number of ether oxygens (including phenoxy) is 2. The van der Waals surface area contributed by atoms with Crippen LogP contribution >= 0.6 is 0 Å². The van der Waals surface area contributed by atoms with Gasteiger partial charge in [-0.3, -0.25) is 0 Å². The predicted molar refractivity (Wildman–Crippen MR) is 76.1 cm³/mol. The molecular weight excluding hydrogens is 242 g/mol. The zero-order chi connectivity index (χ0) is 13.8. The molecule has 1 N–H and O–H groups in total. The van der Waals surface area contributed by atoms with E-state index in [4.69, 9.17) is 13.9 Å². The van der Waals surface area contributed by atoms with Gasteiger partial charge in [0.05, 0.1) is 19.5 Å². The van der Waals surface area contributed by atoms with Gasteiger partial charge >= 0.3 is 0 Å². The Hall–Kier alpha value is -0.840. The highest BCUT2D eigenvalue weighted by atomic mass is 16.5. The zero-order valence-corrected chi connectivity index (χ0v) is 12.2. The van der Waals surface area contributed by atoms with Crippen LogP contribution in [0.1, 0.15) is 44.4 Å². The first-order chi connectivity index (χ1) is 9.36. The van der Waals surface area contributed by atoms with Crippen molar-refractivity contribution in [3.8, 4) is 0 Å². The quantitative estimate of drug-likeness (QED) is 0.592. The molecule has 0 fully saturated rings. The van der Waals surface area contributed by atoms with E-state index in [9.17, 15) is 0 Å². The highest BCUT2D eigenvalue weighted by molar-refractivity contribution is 5.11. The van der Waals surface area contributed by atoms with Crippen molar-refractivity contribution >= 4 is 0 Å². The van der Waals surface area contributed by atoms with E-state index in [2.05, 4.69) is 19.2 Å². The molecule has 0 aliphatic carbocycles. The van der Waals surface area contributed by atoms with Gasteiger partial charge in [-0.25, -0.2) is 0 Å². The molecule has 0 aliphatic heterocycles. The number of unbranched alkanes of at least 4 members (excludes halogenated alkanes) is 1. The molecule has 0 amide bonds. The maximum absolute atomic E-state index is 5.50. The number of hydrogen-bond donors (Lipinski definition) is 1. The topological polar surface area (TPSA) is 43.6 Å². The van der Waals surface area contributed by atoms with Crippen LogP contribution in [-0.2, 0) is 22.6 Å². The molecule has 1 aromatic rings. The molecule has 0 spiro atoms. The molecule has 0 aromatic carbocycles. The first kappa shape index (κ1) is 16.2. The summed E-state index contributed by atoms with van der Waals surface area (Å²) < 4.78 is 16.4. The van der Waals surface area contributed by atoms with Gasteiger partial charge in [0.2, 0.25) is 0 Å². The molecule has 110 valence electrons. The summed E-state index contributed by atoms with van der Waals surface area (Å²) in [6, 6.07) is 2.04. The van der Waals surface area contributed by atoms with Gasteiger partial charge in [-0.2, -0.15) is 0 Å². The van der Waals surface area contributed by atoms with E-state index in [-0.39, 0.29) is 0 Å². The first-order valence-corrected chi connectivity index (χ1v) is 7.29. The van der Waals surface area contributed by atoms with Crippen molar-refractivity contribution < 1.29 is 13.9 Å². The van der Waals surface area contributed by atoms with Crippen LogP contribution in [0.4, 0.5) is 0 Å².